The summed E-state index contributed by atoms with van der Waals surface area (Å²) >= 11 is 0. The third-order valence-corrected chi connectivity index (χ3v) is 1.44. The number of hydrogen-bond acceptors (Lipinski definition) is 2. The van der Waals surface area contributed by atoms with E-state index in [-0.39, 0.29) is 11.9 Å². The minimum Gasteiger partial charge on any atom is -0.353 e. The van der Waals surface area contributed by atoms with Gasteiger partial charge in [0.2, 0.25) is 5.91 Å². The quantitative estimate of drug-likeness (QED) is 0.584. The van der Waals surface area contributed by atoms with E-state index in [1.165, 1.54) is 6.42 Å². The van der Waals surface area contributed by atoms with E-state index < -0.39 is 0 Å². The number of rotatable bonds is 6. The summed E-state index contributed by atoms with van der Waals surface area (Å²) < 4.78 is 0. The molecule has 0 rings (SSSR count). The second-order valence-electron chi connectivity index (χ2n) is 3.25. The fourth-order valence-corrected chi connectivity index (χ4v) is 0.877. The Hall–Kier alpha value is -0.570. The lowest BCUT2D eigenvalue weighted by atomic mass is 10.3. The Morgan fingerprint density at radius 3 is 2.58 bits per heavy atom. The number of unbranched alkanes of at least 4 members (excludes halogenated alkanes) is 1. The zero-order valence-corrected chi connectivity index (χ0v) is 8.31. The van der Waals surface area contributed by atoms with Crippen LogP contribution in [0.2, 0.25) is 0 Å². The normalized spacial score (nSPS) is 10.3. The molecule has 1 amide bonds. The van der Waals surface area contributed by atoms with Crippen LogP contribution in [0.1, 0.15) is 33.6 Å². The molecular formula is C9H20N2O. The smallest absolute Gasteiger partial charge is 0.234 e. The molecule has 0 aromatic rings. The lowest BCUT2D eigenvalue weighted by Crippen LogP contribution is -2.37. The summed E-state index contributed by atoms with van der Waals surface area (Å²) in [6, 6.07) is 0.241. The second-order valence-corrected chi connectivity index (χ2v) is 3.25. The molecule has 3 heteroatoms. The fourth-order valence-electron chi connectivity index (χ4n) is 0.877. The highest BCUT2D eigenvalue weighted by atomic mass is 16.1. The van der Waals surface area contributed by atoms with E-state index in [0.717, 1.165) is 13.0 Å². The van der Waals surface area contributed by atoms with Gasteiger partial charge in [0.15, 0.2) is 0 Å². The van der Waals surface area contributed by atoms with Crippen molar-refractivity contribution in [1.82, 2.24) is 10.6 Å². The molecule has 3 nitrogen and oxygen atoms in total. The van der Waals surface area contributed by atoms with Gasteiger partial charge in [-0.3, -0.25) is 4.79 Å². The van der Waals surface area contributed by atoms with Gasteiger partial charge in [-0.2, -0.15) is 0 Å². The maximum atomic E-state index is 11.0. The number of carbonyl (C=O) groups is 1. The molecule has 12 heavy (non-hydrogen) atoms. The van der Waals surface area contributed by atoms with Gasteiger partial charge in [0.05, 0.1) is 6.54 Å². The Labute approximate surface area is 74.9 Å². The minimum atomic E-state index is 0.0844. The molecule has 0 bridgehead atoms. The van der Waals surface area contributed by atoms with Crippen molar-refractivity contribution in [3.05, 3.63) is 0 Å². The van der Waals surface area contributed by atoms with E-state index in [4.69, 9.17) is 0 Å². The molecular weight excluding hydrogens is 152 g/mol. The molecule has 0 spiro atoms. The maximum Gasteiger partial charge on any atom is 0.234 e. The van der Waals surface area contributed by atoms with Crippen LogP contribution in [0.5, 0.6) is 0 Å². The first-order valence-corrected chi connectivity index (χ1v) is 4.67. The predicted octanol–water partition coefficient (Wildman–Crippen LogP) is 0.901. The molecule has 0 aliphatic carbocycles. The molecule has 0 aliphatic rings. The zero-order valence-electron chi connectivity index (χ0n) is 8.31. The fraction of sp³-hybridized carbons (Fsp3) is 0.889. The standard InChI is InChI=1S/C9H20N2O/c1-4-5-6-10-7-9(12)11-8(2)3/h8,10H,4-7H2,1-3H3,(H,11,12). The molecule has 72 valence electrons. The molecule has 2 N–H and O–H groups in total. The molecule has 0 unspecified atom stereocenters. The largest absolute Gasteiger partial charge is 0.353 e. The van der Waals surface area contributed by atoms with Crippen molar-refractivity contribution >= 4 is 5.91 Å². The summed E-state index contributed by atoms with van der Waals surface area (Å²) in [4.78, 5) is 11.0. The van der Waals surface area contributed by atoms with Crippen molar-refractivity contribution in [2.45, 2.75) is 39.7 Å². The van der Waals surface area contributed by atoms with Crippen LogP contribution in [0.3, 0.4) is 0 Å². The van der Waals surface area contributed by atoms with Crippen molar-refractivity contribution in [1.29, 1.82) is 0 Å². The molecule has 0 aromatic carbocycles. The number of hydrogen-bond donors (Lipinski definition) is 2. The van der Waals surface area contributed by atoms with Gasteiger partial charge in [0, 0.05) is 6.04 Å². The zero-order chi connectivity index (χ0) is 9.40. The molecule has 0 heterocycles. The van der Waals surface area contributed by atoms with Gasteiger partial charge in [0.25, 0.3) is 0 Å². The van der Waals surface area contributed by atoms with Crippen LogP contribution in [0.15, 0.2) is 0 Å². The lowest BCUT2D eigenvalue weighted by molar-refractivity contribution is -0.120. The maximum absolute atomic E-state index is 11.0. The van der Waals surface area contributed by atoms with E-state index in [9.17, 15) is 4.79 Å². The summed E-state index contributed by atoms with van der Waals surface area (Å²) in [6.07, 6.45) is 2.30. The van der Waals surface area contributed by atoms with Crippen molar-refractivity contribution in [3.63, 3.8) is 0 Å². The van der Waals surface area contributed by atoms with Crippen molar-refractivity contribution in [2.24, 2.45) is 0 Å². The van der Waals surface area contributed by atoms with E-state index in [1.54, 1.807) is 0 Å². The Kier molecular flexibility index (Phi) is 6.76. The monoisotopic (exact) mass is 172 g/mol. The summed E-state index contributed by atoms with van der Waals surface area (Å²) in [5, 5.41) is 5.90. The van der Waals surface area contributed by atoms with Gasteiger partial charge in [0.1, 0.15) is 0 Å². The molecule has 0 aromatic heterocycles. The van der Waals surface area contributed by atoms with Crippen LogP contribution in [-0.4, -0.2) is 25.0 Å². The molecule has 0 radical (unpaired) electrons. The highest BCUT2D eigenvalue weighted by Crippen LogP contribution is 1.82. The highest BCUT2D eigenvalue weighted by molar-refractivity contribution is 5.78. The Morgan fingerprint density at radius 2 is 2.08 bits per heavy atom. The number of amides is 1. The number of carbonyl (C=O) groups excluding carboxylic acids is 1. The van der Waals surface area contributed by atoms with E-state index in [0.29, 0.717) is 6.54 Å². The summed E-state index contributed by atoms with van der Waals surface area (Å²) in [5.74, 6) is 0.0844. The first-order valence-electron chi connectivity index (χ1n) is 4.67. The van der Waals surface area contributed by atoms with E-state index in [1.807, 2.05) is 13.8 Å². The van der Waals surface area contributed by atoms with Crippen LogP contribution in [0.4, 0.5) is 0 Å². The van der Waals surface area contributed by atoms with Crippen molar-refractivity contribution in [2.75, 3.05) is 13.1 Å². The first kappa shape index (κ1) is 11.4. The third-order valence-electron chi connectivity index (χ3n) is 1.44. The highest BCUT2D eigenvalue weighted by Gasteiger charge is 2.00. The lowest BCUT2D eigenvalue weighted by Gasteiger charge is -2.08. The van der Waals surface area contributed by atoms with Gasteiger partial charge < -0.3 is 10.6 Å². The molecule has 0 saturated carbocycles. The van der Waals surface area contributed by atoms with Crippen LogP contribution in [0, 0.1) is 0 Å². The van der Waals surface area contributed by atoms with Crippen LogP contribution < -0.4 is 10.6 Å². The van der Waals surface area contributed by atoms with Gasteiger partial charge in [-0.25, -0.2) is 0 Å². The average molecular weight is 172 g/mol. The Morgan fingerprint density at radius 1 is 1.42 bits per heavy atom. The SMILES string of the molecule is CCCCNCC(=O)NC(C)C. The minimum absolute atomic E-state index is 0.0844. The molecule has 0 atom stereocenters. The van der Waals surface area contributed by atoms with Gasteiger partial charge >= 0.3 is 0 Å². The predicted molar refractivity (Wildman–Crippen MR) is 51.1 cm³/mol. The Balaban J connectivity index is 3.20. The van der Waals surface area contributed by atoms with Crippen molar-refractivity contribution < 1.29 is 4.79 Å². The Bertz CT molecular complexity index is 124. The topological polar surface area (TPSA) is 41.1 Å². The van der Waals surface area contributed by atoms with E-state index >= 15 is 0 Å². The van der Waals surface area contributed by atoms with Crippen molar-refractivity contribution in [3.8, 4) is 0 Å². The first-order chi connectivity index (χ1) is 5.66. The van der Waals surface area contributed by atoms with E-state index in [2.05, 4.69) is 17.6 Å². The molecule has 0 saturated heterocycles. The average Bonchev–Trinajstić information content (AvgIpc) is 1.97. The molecule has 0 aliphatic heterocycles. The van der Waals surface area contributed by atoms with Crippen LogP contribution in [-0.2, 0) is 4.79 Å². The van der Waals surface area contributed by atoms with Crippen LogP contribution >= 0.6 is 0 Å². The van der Waals surface area contributed by atoms with Crippen LogP contribution in [0.25, 0.3) is 0 Å². The molecule has 0 fully saturated rings. The van der Waals surface area contributed by atoms with Gasteiger partial charge in [-0.15, -0.1) is 0 Å². The number of nitrogens with one attached hydrogen (secondary N) is 2. The second kappa shape index (κ2) is 7.10. The van der Waals surface area contributed by atoms with Gasteiger partial charge in [-0.05, 0) is 26.8 Å². The summed E-state index contributed by atoms with van der Waals surface area (Å²) in [7, 11) is 0. The third kappa shape index (κ3) is 7.54. The summed E-state index contributed by atoms with van der Waals surface area (Å²) in [6.45, 7) is 7.43. The van der Waals surface area contributed by atoms with Gasteiger partial charge in [-0.1, -0.05) is 13.3 Å². The summed E-state index contributed by atoms with van der Waals surface area (Å²) in [5.41, 5.74) is 0.